The molecular weight excluding hydrogens is 255 g/mol. The average molecular weight is 275 g/mol. The van der Waals surface area contributed by atoms with Crippen LogP contribution in [0, 0.1) is 5.92 Å². The molecule has 1 saturated heterocycles. The van der Waals surface area contributed by atoms with Gasteiger partial charge in [-0.15, -0.1) is 12.4 Å². The summed E-state index contributed by atoms with van der Waals surface area (Å²) < 4.78 is 0. The number of hydrogen-bond acceptors (Lipinski definition) is 2. The standard InChI is InChI=1S/C13H19ClN2.ClH/c1-10(12-2-4-13(14)5-3-12)16-7-6-11(8-15)9-16;/h2-5,10-11H,6-9,15H2,1H3;1H. The van der Waals surface area contributed by atoms with E-state index in [1.54, 1.807) is 0 Å². The number of nitrogens with two attached hydrogens (primary N) is 1. The van der Waals surface area contributed by atoms with Crippen molar-refractivity contribution in [1.29, 1.82) is 0 Å². The van der Waals surface area contributed by atoms with Gasteiger partial charge in [0.2, 0.25) is 0 Å². The van der Waals surface area contributed by atoms with Gasteiger partial charge in [0.05, 0.1) is 0 Å². The summed E-state index contributed by atoms with van der Waals surface area (Å²) in [6.07, 6.45) is 1.23. The Morgan fingerprint density at radius 2 is 2.06 bits per heavy atom. The van der Waals surface area contributed by atoms with Crippen molar-refractivity contribution in [2.24, 2.45) is 11.7 Å². The quantitative estimate of drug-likeness (QED) is 0.918. The molecule has 0 aromatic heterocycles. The molecule has 0 amide bonds. The summed E-state index contributed by atoms with van der Waals surface area (Å²) in [5.74, 6) is 0.676. The lowest BCUT2D eigenvalue weighted by Gasteiger charge is -2.24. The van der Waals surface area contributed by atoms with E-state index in [4.69, 9.17) is 17.3 Å². The third kappa shape index (κ3) is 3.59. The van der Waals surface area contributed by atoms with Gasteiger partial charge in [-0.05, 0) is 50.0 Å². The predicted octanol–water partition coefficient (Wildman–Crippen LogP) is 3.10. The molecule has 2 unspecified atom stereocenters. The lowest BCUT2D eigenvalue weighted by Crippen LogP contribution is -2.26. The number of benzene rings is 1. The highest BCUT2D eigenvalue weighted by atomic mass is 35.5. The SMILES string of the molecule is CC(c1ccc(Cl)cc1)N1CCC(CN)C1.Cl. The molecule has 0 aliphatic carbocycles. The average Bonchev–Trinajstić information content (AvgIpc) is 2.77. The van der Waals surface area contributed by atoms with Crippen LogP contribution in [0.2, 0.25) is 5.02 Å². The molecule has 2 nitrogen and oxygen atoms in total. The molecule has 4 heteroatoms. The van der Waals surface area contributed by atoms with Gasteiger partial charge in [0.25, 0.3) is 0 Å². The first-order valence-corrected chi connectivity index (χ1v) is 6.28. The molecule has 0 saturated carbocycles. The summed E-state index contributed by atoms with van der Waals surface area (Å²) in [7, 11) is 0. The highest BCUT2D eigenvalue weighted by molar-refractivity contribution is 6.30. The maximum absolute atomic E-state index is 5.89. The Labute approximate surface area is 115 Å². The van der Waals surface area contributed by atoms with Crippen molar-refractivity contribution >= 4 is 24.0 Å². The molecule has 0 spiro atoms. The van der Waals surface area contributed by atoms with E-state index in [0.29, 0.717) is 12.0 Å². The summed E-state index contributed by atoms with van der Waals surface area (Å²) in [6.45, 7) is 5.35. The molecule has 2 atom stereocenters. The second-order valence-corrected chi connectivity index (χ2v) is 5.05. The molecule has 2 N–H and O–H groups in total. The summed E-state index contributed by atoms with van der Waals surface area (Å²) in [4.78, 5) is 2.50. The summed E-state index contributed by atoms with van der Waals surface area (Å²) in [5, 5.41) is 0.803. The van der Waals surface area contributed by atoms with Gasteiger partial charge < -0.3 is 5.73 Å². The predicted molar refractivity (Wildman–Crippen MR) is 75.8 cm³/mol. The number of hydrogen-bond donors (Lipinski definition) is 1. The highest BCUT2D eigenvalue weighted by Gasteiger charge is 2.25. The fraction of sp³-hybridized carbons (Fsp3) is 0.538. The molecule has 0 radical (unpaired) electrons. The van der Waals surface area contributed by atoms with E-state index < -0.39 is 0 Å². The van der Waals surface area contributed by atoms with Crippen LogP contribution in [0.15, 0.2) is 24.3 Å². The van der Waals surface area contributed by atoms with E-state index in [1.807, 2.05) is 12.1 Å². The van der Waals surface area contributed by atoms with Crippen molar-refractivity contribution in [1.82, 2.24) is 4.90 Å². The third-order valence-electron chi connectivity index (χ3n) is 3.55. The van der Waals surface area contributed by atoms with Crippen LogP contribution < -0.4 is 5.73 Å². The van der Waals surface area contributed by atoms with Crippen molar-refractivity contribution in [3.63, 3.8) is 0 Å². The lowest BCUT2D eigenvalue weighted by molar-refractivity contribution is 0.253. The van der Waals surface area contributed by atoms with Crippen LogP contribution in [0.25, 0.3) is 0 Å². The van der Waals surface area contributed by atoms with Crippen LogP contribution in [-0.4, -0.2) is 24.5 Å². The largest absolute Gasteiger partial charge is 0.330 e. The Morgan fingerprint density at radius 3 is 2.59 bits per heavy atom. The zero-order valence-corrected chi connectivity index (χ0v) is 11.7. The maximum Gasteiger partial charge on any atom is 0.0406 e. The number of nitrogens with zero attached hydrogens (tertiary/aromatic N) is 1. The van der Waals surface area contributed by atoms with Crippen molar-refractivity contribution in [2.75, 3.05) is 19.6 Å². The second kappa shape index (κ2) is 6.60. The van der Waals surface area contributed by atoms with Crippen LogP contribution in [0.1, 0.15) is 24.9 Å². The number of likely N-dealkylation sites (tertiary alicyclic amines) is 1. The zero-order valence-electron chi connectivity index (χ0n) is 10.1. The van der Waals surface area contributed by atoms with Gasteiger partial charge in [0.1, 0.15) is 0 Å². The zero-order chi connectivity index (χ0) is 11.5. The number of halogens is 2. The van der Waals surface area contributed by atoms with E-state index in [9.17, 15) is 0 Å². The Bertz CT molecular complexity index is 340. The molecule has 2 rings (SSSR count). The fourth-order valence-electron chi connectivity index (χ4n) is 2.36. The van der Waals surface area contributed by atoms with Gasteiger partial charge in [0.15, 0.2) is 0 Å². The first-order valence-electron chi connectivity index (χ1n) is 5.90. The Morgan fingerprint density at radius 1 is 1.41 bits per heavy atom. The first-order chi connectivity index (χ1) is 7.70. The Hall–Kier alpha value is -0.280. The van der Waals surface area contributed by atoms with Crippen LogP contribution >= 0.6 is 24.0 Å². The summed E-state index contributed by atoms with van der Waals surface area (Å²) in [6, 6.07) is 8.62. The Balaban J connectivity index is 0.00000144. The van der Waals surface area contributed by atoms with Gasteiger partial charge >= 0.3 is 0 Å². The van der Waals surface area contributed by atoms with E-state index in [-0.39, 0.29) is 12.4 Å². The van der Waals surface area contributed by atoms with E-state index in [0.717, 1.165) is 24.7 Å². The van der Waals surface area contributed by atoms with Crippen molar-refractivity contribution in [3.8, 4) is 0 Å². The van der Waals surface area contributed by atoms with Crippen molar-refractivity contribution in [3.05, 3.63) is 34.9 Å². The monoisotopic (exact) mass is 274 g/mol. The molecule has 1 fully saturated rings. The first kappa shape index (κ1) is 14.8. The minimum absolute atomic E-state index is 0. The molecule has 17 heavy (non-hydrogen) atoms. The van der Waals surface area contributed by atoms with E-state index >= 15 is 0 Å². The molecular formula is C13H20Cl2N2. The molecule has 1 aromatic carbocycles. The highest BCUT2D eigenvalue weighted by Crippen LogP contribution is 2.27. The van der Waals surface area contributed by atoms with Crippen LogP contribution in [0.3, 0.4) is 0 Å². The van der Waals surface area contributed by atoms with E-state index in [2.05, 4.69) is 24.0 Å². The van der Waals surface area contributed by atoms with Gasteiger partial charge in [-0.1, -0.05) is 23.7 Å². The van der Waals surface area contributed by atoms with Crippen LogP contribution in [0.4, 0.5) is 0 Å². The van der Waals surface area contributed by atoms with Crippen LogP contribution in [-0.2, 0) is 0 Å². The smallest absolute Gasteiger partial charge is 0.0406 e. The van der Waals surface area contributed by atoms with Crippen LogP contribution in [0.5, 0.6) is 0 Å². The molecule has 1 heterocycles. The minimum atomic E-state index is 0. The van der Waals surface area contributed by atoms with Gasteiger partial charge in [-0.3, -0.25) is 4.90 Å². The maximum atomic E-state index is 5.89. The second-order valence-electron chi connectivity index (χ2n) is 4.61. The lowest BCUT2D eigenvalue weighted by atomic mass is 10.1. The summed E-state index contributed by atoms with van der Waals surface area (Å²) in [5.41, 5.74) is 7.05. The van der Waals surface area contributed by atoms with Crippen molar-refractivity contribution < 1.29 is 0 Å². The fourth-order valence-corrected chi connectivity index (χ4v) is 2.48. The minimum Gasteiger partial charge on any atom is -0.330 e. The summed E-state index contributed by atoms with van der Waals surface area (Å²) >= 11 is 5.89. The normalized spacial score (nSPS) is 22.2. The molecule has 1 aliphatic rings. The topological polar surface area (TPSA) is 29.3 Å². The number of rotatable bonds is 3. The Kier molecular flexibility index (Phi) is 5.74. The molecule has 1 aliphatic heterocycles. The van der Waals surface area contributed by atoms with E-state index in [1.165, 1.54) is 12.0 Å². The van der Waals surface area contributed by atoms with Gasteiger partial charge in [0, 0.05) is 17.6 Å². The molecule has 0 bridgehead atoms. The molecule has 1 aromatic rings. The third-order valence-corrected chi connectivity index (χ3v) is 3.80. The van der Waals surface area contributed by atoms with Gasteiger partial charge in [-0.25, -0.2) is 0 Å². The van der Waals surface area contributed by atoms with Crippen molar-refractivity contribution in [2.45, 2.75) is 19.4 Å². The van der Waals surface area contributed by atoms with Gasteiger partial charge in [-0.2, -0.15) is 0 Å². The molecule has 96 valence electrons.